The molecule has 0 aromatic rings. The molecule has 0 radical (unpaired) electrons. The molecule has 1 aliphatic rings. The predicted molar refractivity (Wildman–Crippen MR) is 22.1 cm³/mol. The van der Waals surface area contributed by atoms with Crippen molar-refractivity contribution in [1.82, 2.24) is 0 Å². The minimum absolute atomic E-state index is 0. The Labute approximate surface area is 73.2 Å². The first-order valence-corrected chi connectivity index (χ1v) is 1.41. The number of ether oxygens (including phenoxy) is 1. The summed E-state index contributed by atoms with van der Waals surface area (Å²) in [7, 11) is 1.27. The molecule has 0 saturated carbocycles. The van der Waals surface area contributed by atoms with Gasteiger partial charge >= 0.3 is 43.9 Å². The van der Waals surface area contributed by atoms with Gasteiger partial charge in [-0.15, -0.1) is 9.78 Å². The van der Waals surface area contributed by atoms with E-state index in [1.807, 2.05) is 0 Å². The molecule has 0 spiro atoms. The van der Waals surface area contributed by atoms with Crippen LogP contribution < -0.4 is 0 Å². The van der Waals surface area contributed by atoms with Crippen LogP contribution in [0.3, 0.4) is 0 Å². The Balaban J connectivity index is -0.000000120. The smallest absolute Gasteiger partial charge is 1.00 e. The van der Waals surface area contributed by atoms with E-state index in [9.17, 15) is 0 Å². The van der Waals surface area contributed by atoms with Crippen molar-refractivity contribution in [1.29, 1.82) is 0 Å². The van der Waals surface area contributed by atoms with E-state index in [0.29, 0.717) is 0 Å². The first-order valence-electron chi connectivity index (χ1n) is 1.41. The van der Waals surface area contributed by atoms with Crippen LogP contribution in [0.4, 0.5) is 0 Å². The second-order valence-corrected chi connectivity index (χ2v) is 0.895. The van der Waals surface area contributed by atoms with Crippen molar-refractivity contribution in [3.8, 4) is 0 Å². The molecule has 0 unspecified atom stereocenters. The largest absolute Gasteiger partial charge is 2.00 e. The van der Waals surface area contributed by atoms with E-state index in [1.165, 1.54) is 7.11 Å². The summed E-state index contributed by atoms with van der Waals surface area (Å²) in [6.07, 6.45) is -1.71. The van der Waals surface area contributed by atoms with Gasteiger partial charge in [-0.05, 0) is 0 Å². The monoisotopic (exact) mass is 134 g/mol. The van der Waals surface area contributed by atoms with E-state index in [4.69, 9.17) is 5.11 Å². The van der Waals surface area contributed by atoms with Gasteiger partial charge in [0.2, 0.25) is 0 Å². The summed E-state index contributed by atoms with van der Waals surface area (Å²) < 4.78 is 4.16. The van der Waals surface area contributed by atoms with Crippen molar-refractivity contribution in [3.05, 3.63) is 0 Å². The van der Waals surface area contributed by atoms with Gasteiger partial charge < -0.3 is 12.7 Å². The van der Waals surface area contributed by atoms with Gasteiger partial charge in [0, 0.05) is 7.11 Å². The standard InChI is InChI=1S/C2H4O4.Ca.2H/c1-4-2(3)5-6-2;;;/h3H,1H3;;;/q;+2;2*-1. The number of hydrogen-bond donors (Lipinski definition) is 1. The second-order valence-electron chi connectivity index (χ2n) is 0.895. The first kappa shape index (κ1) is 8.10. The van der Waals surface area contributed by atoms with E-state index >= 15 is 0 Å². The van der Waals surface area contributed by atoms with Crippen LogP contribution in [0.25, 0.3) is 0 Å². The maximum atomic E-state index is 8.27. The molecule has 5 heteroatoms. The van der Waals surface area contributed by atoms with Crippen molar-refractivity contribution in [2.24, 2.45) is 0 Å². The summed E-state index contributed by atoms with van der Waals surface area (Å²) in [6.45, 7) is 0. The molecule has 7 heavy (non-hydrogen) atoms. The Hall–Kier alpha value is 1.10. The fourth-order valence-electron chi connectivity index (χ4n) is 0.104. The summed E-state index contributed by atoms with van der Waals surface area (Å²) in [5.41, 5.74) is 0. The molecule has 4 nitrogen and oxygen atoms in total. The molecule has 0 atom stereocenters. The molecule has 1 heterocycles. The maximum absolute atomic E-state index is 8.27. The third kappa shape index (κ3) is 2.23. The third-order valence-corrected chi connectivity index (χ3v) is 0.484. The Bertz CT molecular complexity index is 67.6. The molecular weight excluding hydrogens is 128 g/mol. The SMILES string of the molecule is COC1(O)OO1.[Ca+2].[H-].[H-]. The summed E-state index contributed by atoms with van der Waals surface area (Å²) in [6, 6.07) is 0. The topological polar surface area (TPSA) is 54.5 Å². The van der Waals surface area contributed by atoms with Gasteiger partial charge in [0.1, 0.15) is 0 Å². The number of hydrogen-bond acceptors (Lipinski definition) is 4. The van der Waals surface area contributed by atoms with Gasteiger partial charge in [-0.1, -0.05) is 0 Å². The average molecular weight is 134 g/mol. The minimum Gasteiger partial charge on any atom is -1.00 e. The van der Waals surface area contributed by atoms with Gasteiger partial charge in [0.25, 0.3) is 0 Å². The van der Waals surface area contributed by atoms with Crippen LogP contribution in [-0.2, 0) is 14.5 Å². The van der Waals surface area contributed by atoms with Crippen LogP contribution in [0.2, 0.25) is 0 Å². The van der Waals surface area contributed by atoms with E-state index in [1.54, 1.807) is 0 Å². The average Bonchev–Trinajstić information content (AvgIpc) is 2.22. The van der Waals surface area contributed by atoms with Crippen molar-refractivity contribution in [2.75, 3.05) is 7.11 Å². The predicted octanol–water partition coefficient (Wildman–Crippen LogP) is -0.958. The third-order valence-electron chi connectivity index (χ3n) is 0.484. The molecule has 0 aliphatic carbocycles. The Morgan fingerprint density at radius 2 is 2.14 bits per heavy atom. The Kier molecular flexibility index (Phi) is 3.00. The molecular formula is C2H6CaO4. The van der Waals surface area contributed by atoms with Crippen LogP contribution >= 0.6 is 0 Å². The van der Waals surface area contributed by atoms with Crippen LogP contribution in [0.5, 0.6) is 0 Å². The second kappa shape index (κ2) is 2.59. The fourth-order valence-corrected chi connectivity index (χ4v) is 0.104. The molecule has 0 aromatic carbocycles. The fraction of sp³-hybridized carbons (Fsp3) is 1.00. The molecule has 40 valence electrons. The molecule has 0 aromatic heterocycles. The van der Waals surface area contributed by atoms with Crippen LogP contribution in [0.15, 0.2) is 0 Å². The summed E-state index contributed by atoms with van der Waals surface area (Å²) >= 11 is 0. The molecule has 1 saturated heterocycles. The summed E-state index contributed by atoms with van der Waals surface area (Å²) in [4.78, 5) is 7.76. The quantitative estimate of drug-likeness (QED) is 0.217. The van der Waals surface area contributed by atoms with Crippen molar-refractivity contribution in [2.45, 2.75) is 6.16 Å². The minimum atomic E-state index is -1.71. The molecule has 1 N–H and O–H groups in total. The molecule has 1 fully saturated rings. The van der Waals surface area contributed by atoms with E-state index < -0.39 is 6.16 Å². The van der Waals surface area contributed by atoms with Crippen molar-refractivity contribution in [3.63, 3.8) is 0 Å². The Morgan fingerprint density at radius 3 is 2.14 bits per heavy atom. The molecule has 0 bridgehead atoms. The zero-order chi connectivity index (χ0) is 4.62. The van der Waals surface area contributed by atoms with Gasteiger partial charge in [-0.2, -0.15) is 0 Å². The van der Waals surface area contributed by atoms with E-state index in [2.05, 4.69) is 14.5 Å². The maximum Gasteiger partial charge on any atom is 2.00 e. The van der Waals surface area contributed by atoms with Crippen LogP contribution in [-0.4, -0.2) is 56.1 Å². The normalized spacial score (nSPS) is 23.1. The Morgan fingerprint density at radius 1 is 1.71 bits per heavy atom. The van der Waals surface area contributed by atoms with Gasteiger partial charge in [-0.3, -0.25) is 0 Å². The number of aliphatic hydroxyl groups is 1. The van der Waals surface area contributed by atoms with Gasteiger partial charge in [0.05, 0.1) is 0 Å². The number of rotatable bonds is 1. The van der Waals surface area contributed by atoms with Crippen LogP contribution in [0.1, 0.15) is 2.85 Å². The number of methoxy groups -OCH3 is 1. The van der Waals surface area contributed by atoms with E-state index in [0.717, 1.165) is 0 Å². The van der Waals surface area contributed by atoms with Gasteiger partial charge in [0.15, 0.2) is 0 Å². The van der Waals surface area contributed by atoms with Crippen molar-refractivity contribution >= 4 is 37.7 Å². The van der Waals surface area contributed by atoms with Crippen molar-refractivity contribution < 1.29 is 22.5 Å². The molecule has 0 amide bonds. The zero-order valence-electron chi connectivity index (χ0n) is 5.88. The van der Waals surface area contributed by atoms with E-state index in [-0.39, 0.29) is 40.6 Å². The van der Waals surface area contributed by atoms with Crippen LogP contribution in [0, 0.1) is 0 Å². The summed E-state index contributed by atoms with van der Waals surface area (Å²) in [5.74, 6) is 0. The summed E-state index contributed by atoms with van der Waals surface area (Å²) in [5, 5.41) is 8.27. The first-order chi connectivity index (χ1) is 2.77. The molecule has 1 rings (SSSR count). The van der Waals surface area contributed by atoms with Gasteiger partial charge in [-0.25, -0.2) is 0 Å². The molecule has 1 aliphatic heterocycles. The zero-order valence-corrected chi connectivity index (χ0v) is 6.09.